The second-order valence-corrected chi connectivity index (χ2v) is 24.3. The van der Waals surface area contributed by atoms with E-state index in [9.17, 15) is 4.79 Å². The van der Waals surface area contributed by atoms with Crippen molar-refractivity contribution in [1.82, 2.24) is 24.9 Å². The summed E-state index contributed by atoms with van der Waals surface area (Å²) in [6.07, 6.45) is 10.5. The Labute approximate surface area is 660 Å². The third kappa shape index (κ3) is 20.4. The Balaban J connectivity index is 0.000000153. The van der Waals surface area contributed by atoms with Crippen LogP contribution in [0.5, 0.6) is 0 Å². The summed E-state index contributed by atoms with van der Waals surface area (Å²) in [6.45, 7) is 11.1. The molecule has 10 aromatic carbocycles. The molecule has 0 aliphatic rings. The minimum Gasteiger partial charge on any atom is -0.512 e. The molecule has 9 nitrogen and oxygen atoms in total. The molecular weight excluding hydrogens is 1840 g/mol. The zero-order valence-electron chi connectivity index (χ0n) is 59.0. The van der Waals surface area contributed by atoms with E-state index in [1.54, 1.807) is 6.20 Å². The Bertz CT molecular complexity index is 5410. The van der Waals surface area contributed by atoms with Crippen LogP contribution >= 0.6 is 0 Å². The molecule has 0 spiro atoms. The molecule has 3 radical (unpaired) electrons. The fourth-order valence-corrected chi connectivity index (χ4v) is 11.7. The standard InChI is InChI=1S/2C24H16NO.C18H14N.C12H10N.C11H8N.C5H8O2.3Ir/c2*1-16-7-5-10-19-20-11-6-12-21(24(20)26-23(16)19)22-15-18(13-14-25-22)17-8-3-2-4-9-17;1-14-12-18(16-10-6-3-7-11-16)19-13-17(14)15-8-4-2-5-9-15;1-10-7-8-12(13-9-10)11-5-3-2-4-6-11;1-2-6-10(7-3-1)11-8-4-5-9-12-11;1-4(6)3-5(2)7;;;/h2*2-11,13-15H,1H3;2-10,12-13H,1H3;2-5,7-9H,1H3;1-6,8-9H;3,6H,1-2H3;;;/q5*-1;;;;. The average molecular weight is 1910 g/mol. The van der Waals surface area contributed by atoms with Crippen LogP contribution in [0.4, 0.5) is 0 Å². The van der Waals surface area contributed by atoms with E-state index in [1.807, 2.05) is 208 Å². The Morgan fingerprint density at radius 1 is 0.340 bits per heavy atom. The largest absolute Gasteiger partial charge is 0.512 e. The number of hydrogen-bond donors (Lipinski definition) is 1. The van der Waals surface area contributed by atoms with Crippen LogP contribution in [-0.4, -0.2) is 35.8 Å². The van der Waals surface area contributed by atoms with Gasteiger partial charge in [-0.05, 0) is 138 Å². The van der Waals surface area contributed by atoms with Gasteiger partial charge >= 0.3 is 0 Å². The topological polar surface area (TPSA) is 128 Å². The summed E-state index contributed by atoms with van der Waals surface area (Å²) >= 11 is 0. The Kier molecular flexibility index (Phi) is 29.0. The molecule has 17 aromatic rings. The number of carbonyl (C=O) groups excluding carboxylic acids is 1. The smallest absolute Gasteiger partial charge is 0.155 e. The fourth-order valence-electron chi connectivity index (χ4n) is 11.7. The molecule has 529 valence electrons. The predicted octanol–water partition coefficient (Wildman–Crippen LogP) is 23.8. The van der Waals surface area contributed by atoms with Gasteiger partial charge in [-0.1, -0.05) is 192 Å². The molecule has 7 aromatic heterocycles. The average Bonchev–Trinajstić information content (AvgIpc) is 1.62. The van der Waals surface area contributed by atoms with Crippen LogP contribution in [0, 0.1) is 58.0 Å². The summed E-state index contributed by atoms with van der Waals surface area (Å²) in [5.74, 6) is -0.0625. The van der Waals surface area contributed by atoms with Crippen molar-refractivity contribution in [3.63, 3.8) is 0 Å². The van der Waals surface area contributed by atoms with Gasteiger partial charge in [0, 0.05) is 114 Å². The molecule has 0 unspecified atom stereocenters. The van der Waals surface area contributed by atoms with Crippen molar-refractivity contribution in [3.05, 3.63) is 381 Å². The minimum atomic E-state index is -0.125. The van der Waals surface area contributed by atoms with Gasteiger partial charge in [0.15, 0.2) is 5.78 Å². The third-order valence-electron chi connectivity index (χ3n) is 16.7. The summed E-state index contributed by atoms with van der Waals surface area (Å²) in [4.78, 5) is 32.3. The van der Waals surface area contributed by atoms with Gasteiger partial charge in [-0.3, -0.25) is 4.79 Å². The quantitative estimate of drug-likeness (QED) is 0.0853. The van der Waals surface area contributed by atoms with Gasteiger partial charge in [-0.25, -0.2) is 0 Å². The Morgan fingerprint density at radius 2 is 0.764 bits per heavy atom. The number of carbonyl (C=O) groups is 1. The van der Waals surface area contributed by atoms with Crippen LogP contribution in [0.2, 0.25) is 0 Å². The van der Waals surface area contributed by atoms with Crippen LogP contribution < -0.4 is 0 Å². The van der Waals surface area contributed by atoms with Crippen LogP contribution in [0.15, 0.2) is 337 Å². The van der Waals surface area contributed by atoms with Gasteiger partial charge in [0.25, 0.3) is 0 Å². The second-order valence-electron chi connectivity index (χ2n) is 24.3. The number of fused-ring (bicyclic) bond motifs is 6. The van der Waals surface area contributed by atoms with Crippen molar-refractivity contribution in [2.45, 2.75) is 41.5 Å². The van der Waals surface area contributed by atoms with Crippen LogP contribution in [0.1, 0.15) is 36.1 Å². The molecule has 12 heteroatoms. The maximum atomic E-state index is 10.0. The summed E-state index contributed by atoms with van der Waals surface area (Å²) < 4.78 is 12.5. The third-order valence-corrected chi connectivity index (χ3v) is 16.7. The first-order valence-corrected chi connectivity index (χ1v) is 33.8. The van der Waals surface area contributed by atoms with E-state index in [0.717, 1.165) is 122 Å². The van der Waals surface area contributed by atoms with Gasteiger partial charge in [0.1, 0.15) is 11.2 Å². The van der Waals surface area contributed by atoms with Crippen molar-refractivity contribution in [2.24, 2.45) is 0 Å². The molecule has 0 fully saturated rings. The van der Waals surface area contributed by atoms with Gasteiger partial charge < -0.3 is 38.9 Å². The molecule has 0 atom stereocenters. The van der Waals surface area contributed by atoms with Crippen molar-refractivity contribution >= 4 is 49.7 Å². The number of aromatic nitrogens is 5. The number of hydrogen-bond acceptors (Lipinski definition) is 9. The minimum absolute atomic E-state index is 0. The molecule has 0 saturated carbocycles. The number of furan rings is 2. The van der Waals surface area contributed by atoms with Crippen molar-refractivity contribution < 1.29 is 79.1 Å². The number of nitrogens with zero attached hydrogens (tertiary/aromatic N) is 5. The van der Waals surface area contributed by atoms with Gasteiger partial charge in [0.2, 0.25) is 0 Å². The SMILES string of the molecule is CC(=O)C=C(C)O.Cc1cc(-c2[c-]cccc2)ncc1-c1ccccc1.Cc1ccc(-c2[c-]cccc2)nc1.Cc1cccc2c1oc1c(-c3cc(-c4ccccc4)ccn3)[c-]ccc12.Cc1cccc2c1oc1c(-c3cc(-c4ccccc4)ccn3)[c-]ccc12.[Ir].[Ir].[Ir].[c-]1ccccc1-c1ccccn1. The van der Waals surface area contributed by atoms with E-state index in [0.29, 0.717) is 0 Å². The maximum absolute atomic E-state index is 10.0. The molecule has 0 bridgehead atoms. The molecule has 0 aliphatic carbocycles. The maximum Gasteiger partial charge on any atom is 0.155 e. The van der Waals surface area contributed by atoms with Crippen molar-refractivity contribution in [1.29, 1.82) is 0 Å². The number of allylic oxidation sites excluding steroid dienone is 2. The predicted molar refractivity (Wildman–Crippen MR) is 419 cm³/mol. The molecule has 17 rings (SSSR count). The molecular formula is C94H72Ir3N5O4-5. The number of aryl methyl sites for hydroxylation is 4. The number of pyridine rings is 5. The number of rotatable bonds is 9. The zero-order valence-corrected chi connectivity index (χ0v) is 66.2. The normalized spacial score (nSPS) is 10.5. The van der Waals surface area contributed by atoms with E-state index in [4.69, 9.17) is 13.9 Å². The van der Waals surface area contributed by atoms with Crippen LogP contribution in [-0.2, 0) is 65.1 Å². The monoisotopic (exact) mass is 1910 g/mol. The molecule has 0 aliphatic heterocycles. The molecule has 0 amide bonds. The first kappa shape index (κ1) is 78.8. The summed E-state index contributed by atoms with van der Waals surface area (Å²) in [7, 11) is 0. The number of aliphatic hydroxyl groups excluding tert-OH is 1. The molecule has 1 N–H and O–H groups in total. The number of benzene rings is 10. The number of aliphatic hydroxyl groups is 1. The van der Waals surface area contributed by atoms with E-state index < -0.39 is 0 Å². The first-order chi connectivity index (χ1) is 50.4. The first-order valence-electron chi connectivity index (χ1n) is 33.8. The van der Waals surface area contributed by atoms with E-state index in [2.05, 4.69) is 185 Å². The van der Waals surface area contributed by atoms with Gasteiger partial charge in [-0.15, -0.1) is 144 Å². The Morgan fingerprint density at radius 3 is 1.17 bits per heavy atom. The molecule has 0 saturated heterocycles. The van der Waals surface area contributed by atoms with Crippen LogP contribution in [0.3, 0.4) is 0 Å². The van der Waals surface area contributed by atoms with Crippen molar-refractivity contribution in [2.75, 3.05) is 0 Å². The number of ketones is 1. The summed E-state index contributed by atoms with van der Waals surface area (Å²) in [6, 6.07) is 112. The molecule has 7 heterocycles. The number of para-hydroxylation sites is 2. The second kappa shape index (κ2) is 39.0. The van der Waals surface area contributed by atoms with Gasteiger partial charge in [0.05, 0.1) is 16.9 Å². The fraction of sp³-hybridized carbons (Fsp3) is 0.0638. The van der Waals surface area contributed by atoms with E-state index in [-0.39, 0.29) is 71.9 Å². The molecule has 106 heavy (non-hydrogen) atoms. The Hall–Kier alpha value is -11.3. The summed E-state index contributed by atoms with van der Waals surface area (Å²) in [5, 5.41) is 12.8. The van der Waals surface area contributed by atoms with E-state index in [1.165, 1.54) is 53.3 Å². The van der Waals surface area contributed by atoms with Crippen molar-refractivity contribution in [3.8, 4) is 89.7 Å². The summed E-state index contributed by atoms with van der Waals surface area (Å²) in [5.41, 5.74) is 24.8. The van der Waals surface area contributed by atoms with Crippen LogP contribution in [0.25, 0.3) is 134 Å². The zero-order chi connectivity index (χ0) is 71.3. The van der Waals surface area contributed by atoms with Gasteiger partial charge in [-0.2, -0.15) is 0 Å². The van der Waals surface area contributed by atoms with E-state index >= 15 is 0 Å².